The molecule has 0 aromatic heterocycles. The molecule has 0 spiro atoms. The van der Waals surface area contributed by atoms with Crippen molar-refractivity contribution in [2.75, 3.05) is 0 Å². The zero-order valence-electron chi connectivity index (χ0n) is 29.8. The fourth-order valence-electron chi connectivity index (χ4n) is 7.19. The van der Waals surface area contributed by atoms with Gasteiger partial charge in [-0.25, -0.2) is 0 Å². The number of rotatable bonds is 14. The van der Waals surface area contributed by atoms with Gasteiger partial charge in [0.15, 0.2) is 12.6 Å². The lowest BCUT2D eigenvalue weighted by atomic mass is 9.78. The lowest BCUT2D eigenvalue weighted by Gasteiger charge is -2.50. The van der Waals surface area contributed by atoms with E-state index < -0.39 is 171 Å². The molecule has 20 atom stereocenters. The average molecular weight is 831 g/mol. The second kappa shape index (κ2) is 20.5. The minimum Gasteiger partial charge on any atom is -0.550 e. The minimum atomic E-state index is -2.48. The summed E-state index contributed by atoms with van der Waals surface area (Å²) in [6, 6.07) is 0. The summed E-state index contributed by atoms with van der Waals surface area (Å²) in [4.78, 5) is 48.2. The first-order chi connectivity index (χ1) is 25.6. The van der Waals surface area contributed by atoms with Crippen LogP contribution in [0.4, 0.5) is 0 Å². The molecule has 57 heavy (non-hydrogen) atoms. The highest BCUT2D eigenvalue weighted by atomic mass is 16.8. The van der Waals surface area contributed by atoms with Crippen molar-refractivity contribution in [3.63, 3.8) is 0 Å². The summed E-state index contributed by atoms with van der Waals surface area (Å²) in [5, 5.41) is 135. The minimum absolute atomic E-state index is 0. The molecule has 4 rings (SSSR count). The van der Waals surface area contributed by atoms with Crippen LogP contribution in [-0.2, 0) is 52.3 Å². The predicted molar refractivity (Wildman–Crippen MR) is 174 cm³/mol. The molecule has 8 N–H and O–H groups in total. The molecule has 23 heteroatoms. The van der Waals surface area contributed by atoms with Crippen LogP contribution in [0.1, 0.15) is 55.4 Å². The second-order valence-electron chi connectivity index (χ2n) is 14.4. The van der Waals surface area contributed by atoms with E-state index in [2.05, 4.69) is 0 Å². The van der Waals surface area contributed by atoms with Crippen LogP contribution in [0.3, 0.4) is 0 Å². The third kappa shape index (κ3) is 10.9. The van der Waals surface area contributed by atoms with Crippen LogP contribution in [0.15, 0.2) is 0 Å². The first-order valence-electron chi connectivity index (χ1n) is 17.4. The molecule has 4 fully saturated rings. The summed E-state index contributed by atoms with van der Waals surface area (Å²) < 4.78 is 37.5. The third-order valence-electron chi connectivity index (χ3n) is 9.85. The van der Waals surface area contributed by atoms with Gasteiger partial charge in [0.05, 0.1) is 48.6 Å². The molecule has 2 aliphatic heterocycles. The van der Waals surface area contributed by atoms with Crippen molar-refractivity contribution >= 4 is 23.9 Å². The van der Waals surface area contributed by atoms with Crippen molar-refractivity contribution < 1.29 is 114 Å². The Labute approximate surface area is 327 Å². The Morgan fingerprint density at radius 2 is 0.825 bits per heavy atom. The summed E-state index contributed by atoms with van der Waals surface area (Å²) in [5.74, 6) is -11.5. The Morgan fingerprint density at radius 1 is 0.474 bits per heavy atom. The van der Waals surface area contributed by atoms with Crippen LogP contribution < -0.4 is 20.4 Å². The zero-order chi connectivity index (χ0) is 41.4. The van der Waals surface area contributed by atoms with Crippen molar-refractivity contribution in [3.8, 4) is 0 Å². The monoisotopic (exact) mass is 830 g/mol. The molecule has 2 saturated heterocycles. The van der Waals surface area contributed by atoms with E-state index in [1.165, 1.54) is 13.8 Å². The van der Waals surface area contributed by atoms with E-state index in [0.29, 0.717) is 0 Å². The van der Waals surface area contributed by atoms with Crippen molar-refractivity contribution in [2.45, 2.75) is 178 Å². The number of ether oxygens (including phenoxy) is 7. The van der Waals surface area contributed by atoms with Crippen LogP contribution in [-0.4, -0.2) is 187 Å². The number of carbonyl (C=O) groups excluding carboxylic acids is 4. The zero-order valence-corrected chi connectivity index (χ0v) is 29.8. The van der Waals surface area contributed by atoms with Gasteiger partial charge in [0.1, 0.15) is 73.2 Å². The van der Waals surface area contributed by atoms with Gasteiger partial charge in [0, 0.05) is 23.8 Å². The molecule has 2 aliphatic carbocycles. The Morgan fingerprint density at radius 3 is 1.25 bits per heavy atom. The lowest BCUT2D eigenvalue weighted by molar-refractivity contribution is -0.390. The highest BCUT2D eigenvalue weighted by Crippen LogP contribution is 2.38. The van der Waals surface area contributed by atoms with E-state index >= 15 is 0 Å². The summed E-state index contributed by atoms with van der Waals surface area (Å²) in [6.45, 7) is 6.14. The molecule has 2 heterocycles. The van der Waals surface area contributed by atoms with E-state index in [0.717, 1.165) is 0 Å². The molecule has 0 radical (unpaired) electrons. The summed E-state index contributed by atoms with van der Waals surface area (Å²) >= 11 is 0. The summed E-state index contributed by atoms with van der Waals surface area (Å²) in [6.07, 6.45) is -39.6. The number of aliphatic carboxylic acids is 4. The second-order valence-corrected chi connectivity index (χ2v) is 14.4. The number of hydrogen-bond donors (Lipinski definition) is 8. The van der Waals surface area contributed by atoms with E-state index in [4.69, 9.17) is 33.2 Å². The van der Waals surface area contributed by atoms with E-state index in [9.17, 15) is 80.5 Å². The van der Waals surface area contributed by atoms with Gasteiger partial charge in [-0.15, -0.1) is 0 Å². The van der Waals surface area contributed by atoms with Crippen LogP contribution in [0.25, 0.3) is 0 Å². The Kier molecular flexibility index (Phi) is 18.1. The molecule has 9 unspecified atom stereocenters. The molecule has 4 aliphatic rings. The van der Waals surface area contributed by atoms with Gasteiger partial charge in [0.25, 0.3) is 0 Å². The summed E-state index contributed by atoms with van der Waals surface area (Å²) in [5.41, 5.74) is 0. The van der Waals surface area contributed by atoms with Crippen LogP contribution in [0.5, 0.6) is 0 Å². The average Bonchev–Trinajstić information content (AvgIpc) is 3.09. The molecule has 0 aromatic rings. The quantitative estimate of drug-likeness (QED) is 0.0805. The maximum atomic E-state index is 12.3. The normalized spacial score (nSPS) is 43.8. The molecule has 0 bridgehead atoms. The van der Waals surface area contributed by atoms with E-state index in [1.807, 2.05) is 0 Å². The molecule has 0 aromatic carbocycles. The molecular formula is C34H54O23-4. The topological polar surface area (TPSA) is 387 Å². The highest BCUT2D eigenvalue weighted by Gasteiger charge is 2.55. The maximum absolute atomic E-state index is 12.3. The number of carboxylic acid groups (broad SMARTS) is 4. The third-order valence-corrected chi connectivity index (χ3v) is 9.85. The van der Waals surface area contributed by atoms with Crippen molar-refractivity contribution in [1.82, 2.24) is 0 Å². The van der Waals surface area contributed by atoms with Gasteiger partial charge >= 0.3 is 0 Å². The number of aliphatic hydroxyl groups is 8. The van der Waals surface area contributed by atoms with Crippen molar-refractivity contribution in [3.05, 3.63) is 0 Å². The van der Waals surface area contributed by atoms with Crippen molar-refractivity contribution in [1.29, 1.82) is 0 Å². The standard InChI is InChI=1S/C32H50O23.2CH4/c1-7(2)49-11-5-9(27(41)42)21(15(35)13(11)33)51-12-6-10(28(43)44)22(16(36)14(12)34)52-31-20(40)18(38)24(26(55-31)30(47)48)53-32-19(39)17(37)23(50-8(3)4)25(54-32)29(45)46;;/h7-26,31-40H,5-6H2,1-4H3,(H,41,42)(H,43,44)(H,45,46)(H,47,48);2*1H4/p-4/t9?,10?,11-,12-,13?,14?,15?,16-,17?,18?,19+,20?,21-,22-,23+,24+,25?,26-,31-,32-;;/m1../s1. The highest BCUT2D eigenvalue weighted by molar-refractivity contribution is 5.72. The predicted octanol–water partition coefficient (Wildman–Crippen LogP) is -9.25. The Hall–Kier alpha value is -2.72. The van der Waals surface area contributed by atoms with Crippen molar-refractivity contribution in [2.24, 2.45) is 11.8 Å². The van der Waals surface area contributed by atoms with E-state index in [1.54, 1.807) is 13.8 Å². The molecule has 2 saturated carbocycles. The first kappa shape index (κ1) is 50.4. The number of hydrogen-bond acceptors (Lipinski definition) is 23. The van der Waals surface area contributed by atoms with Gasteiger partial charge in [-0.3, -0.25) is 0 Å². The van der Waals surface area contributed by atoms with Crippen LogP contribution in [0.2, 0.25) is 0 Å². The van der Waals surface area contributed by atoms with Gasteiger partial charge in [-0.05, 0) is 40.5 Å². The molecular weight excluding hydrogens is 776 g/mol. The van der Waals surface area contributed by atoms with Crippen LogP contribution >= 0.6 is 0 Å². The molecule has 0 amide bonds. The van der Waals surface area contributed by atoms with Gasteiger partial charge < -0.3 is 114 Å². The van der Waals surface area contributed by atoms with E-state index in [-0.39, 0.29) is 14.9 Å². The van der Waals surface area contributed by atoms with Gasteiger partial charge in [-0.1, -0.05) is 14.9 Å². The summed E-state index contributed by atoms with van der Waals surface area (Å²) in [7, 11) is 0. The lowest BCUT2D eigenvalue weighted by Crippen LogP contribution is -2.69. The smallest absolute Gasteiger partial charge is 0.187 e. The van der Waals surface area contributed by atoms with Gasteiger partial charge in [0.2, 0.25) is 0 Å². The number of carboxylic acids is 4. The molecule has 332 valence electrons. The fourth-order valence-corrected chi connectivity index (χ4v) is 7.19. The largest absolute Gasteiger partial charge is 0.550 e. The molecule has 23 nitrogen and oxygen atoms in total. The Bertz CT molecular complexity index is 1350. The maximum Gasteiger partial charge on any atom is 0.187 e. The first-order valence-corrected chi connectivity index (χ1v) is 17.4. The fraction of sp³-hybridized carbons (Fsp3) is 0.882. The SMILES string of the molecule is C.C.CC(C)O[C@@H]1C(C(=O)[O-])O[C@@H](O[C@H]2C(O)C(O)[C@H](O[C@@H]3C(C(=O)[O-])C[C@@H](O[C@@H]4C(C(=O)[O-])C[C@@H](OC(C)C)C(O)C4O)C(O)[C@H]3O)O[C@H]2C(=O)[O-])[C@@H](O)C1O. The van der Waals surface area contributed by atoms with Gasteiger partial charge in [-0.2, -0.15) is 0 Å². The Balaban J connectivity index is 0.00000561. The number of carbonyl (C=O) groups is 4. The number of aliphatic hydroxyl groups excluding tert-OH is 8. The van der Waals surface area contributed by atoms with Crippen LogP contribution in [0, 0.1) is 11.8 Å².